The number of halogens is 1. The molecule has 0 aliphatic rings. The fraction of sp³-hybridized carbons (Fsp3) is 0. The van der Waals surface area contributed by atoms with Crippen LogP contribution in [-0.2, 0) is 0 Å². The van der Waals surface area contributed by atoms with Gasteiger partial charge in [0.15, 0.2) is 0 Å². The van der Waals surface area contributed by atoms with E-state index in [2.05, 4.69) is 57.9 Å². The number of nitrogens with two attached hydrogens (primary N) is 1. The minimum atomic E-state index is 0.816. The first kappa shape index (κ1) is 12.6. The number of nitrogen functional groups attached to an aromatic ring is 1. The highest BCUT2D eigenvalue weighted by molar-refractivity contribution is 14.1. The normalized spacial score (nSPS) is 10.6. The van der Waals surface area contributed by atoms with Gasteiger partial charge in [0, 0.05) is 26.4 Å². The highest BCUT2D eigenvalue weighted by atomic mass is 127. The van der Waals surface area contributed by atoms with Crippen LogP contribution in [-0.4, -0.2) is 4.98 Å². The maximum atomic E-state index is 5.88. The zero-order chi connectivity index (χ0) is 13.2. The molecule has 3 aromatic rings. The molecule has 1 aromatic heterocycles. The van der Waals surface area contributed by atoms with E-state index in [1.165, 1.54) is 11.1 Å². The molecule has 2 N–H and O–H groups in total. The first-order chi connectivity index (χ1) is 9.25. The molecule has 0 atom stereocenters. The summed E-state index contributed by atoms with van der Waals surface area (Å²) in [6.07, 6.45) is 1.84. The fourth-order valence-electron chi connectivity index (χ4n) is 1.97. The number of hydrogen-bond acceptors (Lipinski definition) is 3. The molecule has 94 valence electrons. The van der Waals surface area contributed by atoms with E-state index in [-0.39, 0.29) is 0 Å². The Morgan fingerprint density at radius 1 is 1.05 bits per heavy atom. The molecule has 0 saturated carbocycles. The second kappa shape index (κ2) is 5.30. The molecule has 2 nitrogen and oxygen atoms in total. The minimum absolute atomic E-state index is 0.816. The molecule has 1 heterocycles. The van der Waals surface area contributed by atoms with E-state index in [9.17, 15) is 0 Å². The van der Waals surface area contributed by atoms with Crippen LogP contribution in [0.5, 0.6) is 0 Å². The fourth-order valence-corrected chi connectivity index (χ4v) is 3.17. The summed E-state index contributed by atoms with van der Waals surface area (Å²) in [7, 11) is 0. The predicted molar refractivity (Wildman–Crippen MR) is 90.1 cm³/mol. The molecule has 0 aliphatic heterocycles. The Hall–Kier alpha value is -1.40. The molecule has 0 fully saturated rings. The zero-order valence-corrected chi connectivity index (χ0v) is 13.0. The molecule has 4 heteroatoms. The number of aromatic nitrogens is 1. The summed E-state index contributed by atoms with van der Waals surface area (Å²) in [5, 5.41) is 3.04. The molecular weight excluding hydrogens is 367 g/mol. The summed E-state index contributed by atoms with van der Waals surface area (Å²) >= 11 is 3.92. The first-order valence-corrected chi connectivity index (χ1v) is 7.76. The van der Waals surface area contributed by atoms with Crippen LogP contribution in [0.25, 0.3) is 21.7 Å². The molecule has 2 aromatic carbocycles. The Morgan fingerprint density at radius 2 is 1.84 bits per heavy atom. The van der Waals surface area contributed by atoms with E-state index in [0.717, 1.165) is 19.8 Å². The van der Waals surface area contributed by atoms with E-state index in [1.807, 2.05) is 23.7 Å². The van der Waals surface area contributed by atoms with E-state index in [0.29, 0.717) is 0 Å². The summed E-state index contributed by atoms with van der Waals surface area (Å²) in [6.45, 7) is 0. The third-order valence-electron chi connectivity index (χ3n) is 2.90. The van der Waals surface area contributed by atoms with Crippen molar-refractivity contribution in [1.29, 1.82) is 0 Å². The van der Waals surface area contributed by atoms with Gasteiger partial charge in [-0.1, -0.05) is 30.3 Å². The van der Waals surface area contributed by atoms with Crippen molar-refractivity contribution in [2.75, 3.05) is 5.73 Å². The van der Waals surface area contributed by atoms with Crippen LogP contribution in [0, 0.1) is 3.57 Å². The van der Waals surface area contributed by atoms with Gasteiger partial charge in [-0.3, -0.25) is 0 Å². The lowest BCUT2D eigenvalue weighted by Gasteiger charge is -2.09. The van der Waals surface area contributed by atoms with Crippen LogP contribution >= 0.6 is 33.9 Å². The van der Waals surface area contributed by atoms with Crippen molar-refractivity contribution in [3.63, 3.8) is 0 Å². The van der Waals surface area contributed by atoms with Gasteiger partial charge in [-0.15, -0.1) is 11.3 Å². The van der Waals surface area contributed by atoms with Gasteiger partial charge in [-0.25, -0.2) is 4.98 Å². The van der Waals surface area contributed by atoms with Crippen LogP contribution in [0.3, 0.4) is 0 Å². The molecule has 0 saturated heterocycles. The predicted octanol–water partition coefficient (Wildman–Crippen LogP) is 4.66. The van der Waals surface area contributed by atoms with E-state index < -0.39 is 0 Å². The van der Waals surface area contributed by atoms with Gasteiger partial charge >= 0.3 is 0 Å². The topological polar surface area (TPSA) is 38.9 Å². The molecule has 3 rings (SSSR count). The summed E-state index contributed by atoms with van der Waals surface area (Å²) in [6, 6.07) is 14.5. The molecule has 0 bridgehead atoms. The first-order valence-electron chi connectivity index (χ1n) is 5.80. The van der Waals surface area contributed by atoms with Crippen LogP contribution in [0.15, 0.2) is 54.0 Å². The van der Waals surface area contributed by atoms with Gasteiger partial charge in [-0.05, 0) is 45.9 Å². The summed E-state index contributed by atoms with van der Waals surface area (Å²) in [5.41, 5.74) is 10.2. The number of rotatable bonds is 2. The monoisotopic (exact) mass is 378 g/mol. The maximum absolute atomic E-state index is 5.88. The maximum Gasteiger partial charge on any atom is 0.123 e. The van der Waals surface area contributed by atoms with Gasteiger partial charge < -0.3 is 5.73 Å². The average Bonchev–Trinajstić information content (AvgIpc) is 2.96. The average molecular weight is 378 g/mol. The largest absolute Gasteiger partial charge is 0.398 e. The Bertz CT molecular complexity index is 708. The summed E-state index contributed by atoms with van der Waals surface area (Å²) < 4.78 is 1.07. The third kappa shape index (κ3) is 2.50. The quantitative estimate of drug-likeness (QED) is 0.520. The van der Waals surface area contributed by atoms with Crippen LogP contribution in [0.4, 0.5) is 5.69 Å². The Morgan fingerprint density at radius 3 is 2.53 bits per heavy atom. The highest BCUT2D eigenvalue weighted by Gasteiger charge is 2.09. The van der Waals surface area contributed by atoms with Crippen molar-refractivity contribution in [2.24, 2.45) is 0 Å². The molecule has 0 amide bonds. The standard InChI is InChI=1S/C15H11IN2S/c16-13-9-10(5-6-14(13)17)11-3-1-2-4-12(11)15-18-7-8-19-15/h1-9H,17H2. The van der Waals surface area contributed by atoms with Crippen molar-refractivity contribution in [3.05, 3.63) is 57.6 Å². The van der Waals surface area contributed by atoms with Crippen LogP contribution < -0.4 is 5.73 Å². The second-order valence-electron chi connectivity index (χ2n) is 4.12. The van der Waals surface area contributed by atoms with Gasteiger partial charge in [-0.2, -0.15) is 0 Å². The number of hydrogen-bond donors (Lipinski definition) is 1. The van der Waals surface area contributed by atoms with Crippen molar-refractivity contribution < 1.29 is 0 Å². The molecule has 0 spiro atoms. The number of nitrogens with zero attached hydrogens (tertiary/aromatic N) is 1. The second-order valence-corrected chi connectivity index (χ2v) is 6.18. The highest BCUT2D eigenvalue weighted by Crippen LogP contribution is 2.34. The van der Waals surface area contributed by atoms with E-state index >= 15 is 0 Å². The van der Waals surface area contributed by atoms with Crippen LogP contribution in [0.1, 0.15) is 0 Å². The Kier molecular flexibility index (Phi) is 3.52. The Balaban J connectivity index is 2.17. The Labute approximate surface area is 129 Å². The van der Waals surface area contributed by atoms with E-state index in [1.54, 1.807) is 11.3 Å². The number of anilines is 1. The van der Waals surface area contributed by atoms with Crippen molar-refractivity contribution in [3.8, 4) is 21.7 Å². The summed E-state index contributed by atoms with van der Waals surface area (Å²) in [5.74, 6) is 0. The third-order valence-corrected chi connectivity index (χ3v) is 4.64. The molecule has 0 unspecified atom stereocenters. The SMILES string of the molecule is Nc1ccc(-c2ccccc2-c2nccs2)cc1I. The van der Waals surface area contributed by atoms with Crippen molar-refractivity contribution >= 4 is 39.6 Å². The smallest absolute Gasteiger partial charge is 0.123 e. The molecule has 0 radical (unpaired) electrons. The zero-order valence-electron chi connectivity index (χ0n) is 10.0. The number of benzene rings is 2. The number of thiazole rings is 1. The van der Waals surface area contributed by atoms with Gasteiger partial charge in [0.2, 0.25) is 0 Å². The molecular formula is C15H11IN2S. The summed E-state index contributed by atoms with van der Waals surface area (Å²) in [4.78, 5) is 4.40. The lowest BCUT2D eigenvalue weighted by Crippen LogP contribution is -1.90. The molecule has 19 heavy (non-hydrogen) atoms. The van der Waals surface area contributed by atoms with Crippen LogP contribution in [0.2, 0.25) is 0 Å². The van der Waals surface area contributed by atoms with Crippen molar-refractivity contribution in [2.45, 2.75) is 0 Å². The molecule has 0 aliphatic carbocycles. The van der Waals surface area contributed by atoms with Crippen molar-refractivity contribution in [1.82, 2.24) is 4.98 Å². The lowest BCUT2D eigenvalue weighted by molar-refractivity contribution is 1.41. The van der Waals surface area contributed by atoms with E-state index in [4.69, 9.17) is 5.73 Å². The minimum Gasteiger partial charge on any atom is -0.398 e. The van der Waals surface area contributed by atoms with Gasteiger partial charge in [0.25, 0.3) is 0 Å². The lowest BCUT2D eigenvalue weighted by atomic mass is 10.00. The van der Waals surface area contributed by atoms with Gasteiger partial charge in [0.05, 0.1) is 0 Å². The van der Waals surface area contributed by atoms with Gasteiger partial charge in [0.1, 0.15) is 5.01 Å².